The normalized spacial score (nSPS) is 10.1. The van der Waals surface area contributed by atoms with Gasteiger partial charge in [-0.15, -0.1) is 0 Å². The fourth-order valence-electron chi connectivity index (χ4n) is 1.10. The van der Waals surface area contributed by atoms with E-state index in [4.69, 9.17) is 0 Å². The Hall–Kier alpha value is -0.940. The SMILES string of the molecule is CNCCN(C)C(=O)c1ccc(Br)nc1. The van der Waals surface area contributed by atoms with Gasteiger partial charge in [-0.3, -0.25) is 4.79 Å². The predicted molar refractivity (Wildman–Crippen MR) is 62.8 cm³/mol. The van der Waals surface area contributed by atoms with Gasteiger partial charge in [0, 0.05) is 26.3 Å². The fraction of sp³-hybridized carbons (Fsp3) is 0.400. The molecular formula is C10H14BrN3O. The summed E-state index contributed by atoms with van der Waals surface area (Å²) in [6, 6.07) is 3.52. The number of amides is 1. The highest BCUT2D eigenvalue weighted by molar-refractivity contribution is 9.10. The number of hydrogen-bond acceptors (Lipinski definition) is 3. The first-order valence-electron chi connectivity index (χ1n) is 4.66. The summed E-state index contributed by atoms with van der Waals surface area (Å²) < 4.78 is 0.733. The molecule has 0 aliphatic carbocycles. The maximum absolute atomic E-state index is 11.8. The first kappa shape index (κ1) is 12.1. The molecule has 0 aliphatic heterocycles. The number of rotatable bonds is 4. The van der Waals surface area contributed by atoms with Gasteiger partial charge in [-0.05, 0) is 35.1 Å². The van der Waals surface area contributed by atoms with Crippen molar-refractivity contribution >= 4 is 21.8 Å². The smallest absolute Gasteiger partial charge is 0.255 e. The van der Waals surface area contributed by atoms with E-state index in [9.17, 15) is 4.79 Å². The van der Waals surface area contributed by atoms with Crippen molar-refractivity contribution in [3.63, 3.8) is 0 Å². The molecule has 0 fully saturated rings. The monoisotopic (exact) mass is 271 g/mol. The molecule has 0 saturated heterocycles. The summed E-state index contributed by atoms with van der Waals surface area (Å²) in [6.07, 6.45) is 1.57. The second kappa shape index (κ2) is 5.82. The lowest BCUT2D eigenvalue weighted by Gasteiger charge is -2.16. The summed E-state index contributed by atoms with van der Waals surface area (Å²) in [6.45, 7) is 1.47. The van der Waals surface area contributed by atoms with Crippen LogP contribution < -0.4 is 5.32 Å². The number of carbonyl (C=O) groups excluding carboxylic acids is 1. The number of nitrogens with one attached hydrogen (secondary N) is 1. The summed E-state index contributed by atoms with van der Waals surface area (Å²) in [5, 5.41) is 3.00. The van der Waals surface area contributed by atoms with Crippen LogP contribution in [0.4, 0.5) is 0 Å². The Balaban J connectivity index is 2.63. The van der Waals surface area contributed by atoms with E-state index in [-0.39, 0.29) is 5.91 Å². The highest BCUT2D eigenvalue weighted by Crippen LogP contribution is 2.07. The van der Waals surface area contributed by atoms with Crippen LogP contribution in [0.3, 0.4) is 0 Å². The van der Waals surface area contributed by atoms with Crippen molar-refractivity contribution in [3.05, 3.63) is 28.5 Å². The van der Waals surface area contributed by atoms with Crippen LogP contribution >= 0.6 is 15.9 Å². The van der Waals surface area contributed by atoms with Crippen molar-refractivity contribution in [2.75, 3.05) is 27.2 Å². The van der Waals surface area contributed by atoms with Crippen LogP contribution in [0.1, 0.15) is 10.4 Å². The van der Waals surface area contributed by atoms with E-state index in [0.29, 0.717) is 12.1 Å². The quantitative estimate of drug-likeness (QED) is 0.836. The lowest BCUT2D eigenvalue weighted by molar-refractivity contribution is 0.0796. The number of nitrogens with zero attached hydrogens (tertiary/aromatic N) is 2. The Morgan fingerprint density at radius 2 is 2.33 bits per heavy atom. The zero-order chi connectivity index (χ0) is 11.3. The third-order valence-electron chi connectivity index (χ3n) is 2.02. The Morgan fingerprint density at radius 1 is 1.60 bits per heavy atom. The summed E-state index contributed by atoms with van der Waals surface area (Å²) >= 11 is 3.23. The first-order chi connectivity index (χ1) is 7.15. The second-order valence-electron chi connectivity index (χ2n) is 3.20. The summed E-state index contributed by atoms with van der Waals surface area (Å²) in [4.78, 5) is 17.5. The number of carbonyl (C=O) groups is 1. The van der Waals surface area contributed by atoms with Gasteiger partial charge in [-0.25, -0.2) is 4.98 Å². The molecule has 1 aromatic heterocycles. The van der Waals surface area contributed by atoms with Crippen molar-refractivity contribution in [2.45, 2.75) is 0 Å². The van der Waals surface area contributed by atoms with Crippen LogP contribution in [0.2, 0.25) is 0 Å². The van der Waals surface area contributed by atoms with E-state index in [1.165, 1.54) is 0 Å². The minimum absolute atomic E-state index is 0.00903. The van der Waals surface area contributed by atoms with Gasteiger partial charge in [-0.1, -0.05) is 0 Å². The molecule has 4 nitrogen and oxygen atoms in total. The molecule has 1 heterocycles. The molecule has 0 spiro atoms. The maximum Gasteiger partial charge on any atom is 0.255 e. The van der Waals surface area contributed by atoms with Crippen molar-refractivity contribution in [1.82, 2.24) is 15.2 Å². The van der Waals surface area contributed by atoms with Crippen LogP contribution in [0.15, 0.2) is 22.9 Å². The highest BCUT2D eigenvalue weighted by atomic mass is 79.9. The molecule has 0 radical (unpaired) electrons. The summed E-state index contributed by atoms with van der Waals surface area (Å²) in [5.74, 6) is -0.00903. The number of hydrogen-bond donors (Lipinski definition) is 1. The molecule has 0 unspecified atom stereocenters. The molecule has 5 heteroatoms. The molecule has 1 amide bonds. The van der Waals surface area contributed by atoms with E-state index in [1.807, 2.05) is 7.05 Å². The largest absolute Gasteiger partial charge is 0.340 e. The van der Waals surface area contributed by atoms with Gasteiger partial charge in [0.05, 0.1) is 5.56 Å². The summed E-state index contributed by atoms with van der Waals surface area (Å²) in [5.41, 5.74) is 0.608. The lowest BCUT2D eigenvalue weighted by Crippen LogP contribution is -2.32. The van der Waals surface area contributed by atoms with Crippen LogP contribution in [-0.4, -0.2) is 43.0 Å². The van der Waals surface area contributed by atoms with Gasteiger partial charge < -0.3 is 10.2 Å². The standard InChI is InChI=1S/C10H14BrN3O/c1-12-5-6-14(2)10(15)8-3-4-9(11)13-7-8/h3-4,7,12H,5-6H2,1-2H3. The molecule has 0 aliphatic rings. The third kappa shape index (κ3) is 3.60. The average molecular weight is 272 g/mol. The maximum atomic E-state index is 11.8. The van der Waals surface area contributed by atoms with Gasteiger partial charge in [0.25, 0.3) is 5.91 Å². The van der Waals surface area contributed by atoms with E-state index < -0.39 is 0 Å². The zero-order valence-electron chi connectivity index (χ0n) is 8.83. The minimum atomic E-state index is -0.00903. The molecule has 15 heavy (non-hydrogen) atoms. The Morgan fingerprint density at radius 3 is 2.87 bits per heavy atom. The van der Waals surface area contributed by atoms with Crippen LogP contribution in [0.5, 0.6) is 0 Å². The summed E-state index contributed by atoms with van der Waals surface area (Å²) in [7, 11) is 3.64. The van der Waals surface area contributed by atoms with Crippen LogP contribution in [0.25, 0.3) is 0 Å². The predicted octanol–water partition coefficient (Wildman–Crippen LogP) is 1.14. The van der Waals surface area contributed by atoms with Crippen molar-refractivity contribution in [1.29, 1.82) is 0 Å². The molecular weight excluding hydrogens is 258 g/mol. The van der Waals surface area contributed by atoms with E-state index >= 15 is 0 Å². The second-order valence-corrected chi connectivity index (χ2v) is 4.01. The molecule has 1 aromatic rings. The van der Waals surface area contributed by atoms with E-state index in [1.54, 1.807) is 30.3 Å². The molecule has 0 bridgehead atoms. The Kier molecular flexibility index (Phi) is 4.71. The van der Waals surface area contributed by atoms with E-state index in [0.717, 1.165) is 11.1 Å². The zero-order valence-corrected chi connectivity index (χ0v) is 10.4. The van der Waals surface area contributed by atoms with Gasteiger partial charge in [0.1, 0.15) is 4.60 Å². The molecule has 0 saturated carbocycles. The first-order valence-corrected chi connectivity index (χ1v) is 5.46. The highest BCUT2D eigenvalue weighted by Gasteiger charge is 2.10. The van der Waals surface area contributed by atoms with Crippen LogP contribution in [0, 0.1) is 0 Å². The number of likely N-dealkylation sites (N-methyl/N-ethyl adjacent to an activating group) is 2. The Labute approximate surface area is 97.8 Å². The minimum Gasteiger partial charge on any atom is -0.340 e. The van der Waals surface area contributed by atoms with Gasteiger partial charge in [0.2, 0.25) is 0 Å². The van der Waals surface area contributed by atoms with Crippen molar-refractivity contribution in [3.8, 4) is 0 Å². The van der Waals surface area contributed by atoms with Gasteiger partial charge >= 0.3 is 0 Å². The Bertz CT molecular complexity index is 326. The lowest BCUT2D eigenvalue weighted by atomic mass is 10.2. The average Bonchev–Trinajstić information content (AvgIpc) is 2.26. The molecule has 0 atom stereocenters. The number of halogens is 1. The van der Waals surface area contributed by atoms with Crippen molar-refractivity contribution in [2.24, 2.45) is 0 Å². The number of pyridine rings is 1. The topological polar surface area (TPSA) is 45.2 Å². The fourth-order valence-corrected chi connectivity index (χ4v) is 1.34. The molecule has 1 N–H and O–H groups in total. The van der Waals surface area contributed by atoms with Crippen molar-refractivity contribution < 1.29 is 4.79 Å². The molecule has 1 rings (SSSR count). The molecule has 0 aromatic carbocycles. The number of aromatic nitrogens is 1. The van der Waals surface area contributed by atoms with E-state index in [2.05, 4.69) is 26.2 Å². The van der Waals surface area contributed by atoms with Gasteiger partial charge in [-0.2, -0.15) is 0 Å². The van der Waals surface area contributed by atoms with Gasteiger partial charge in [0.15, 0.2) is 0 Å². The van der Waals surface area contributed by atoms with Crippen LogP contribution in [-0.2, 0) is 0 Å². The third-order valence-corrected chi connectivity index (χ3v) is 2.49. The molecule has 82 valence electrons.